The molecule has 0 N–H and O–H groups in total. The topological polar surface area (TPSA) is 148 Å². The van der Waals surface area contributed by atoms with Crippen molar-refractivity contribution in [2.24, 2.45) is 0 Å². The van der Waals surface area contributed by atoms with Gasteiger partial charge in [-0.05, 0) is 44.0 Å². The number of ether oxygens (including phenoxy) is 3. The van der Waals surface area contributed by atoms with Crippen LogP contribution in [0.3, 0.4) is 0 Å². The molecule has 0 bridgehead atoms. The Labute approximate surface area is 211 Å². The van der Waals surface area contributed by atoms with Crippen LogP contribution in [0.4, 0.5) is 11.4 Å². The molecule has 0 heterocycles. The number of benzene rings is 3. The molecule has 11 heteroatoms. The van der Waals surface area contributed by atoms with E-state index >= 15 is 0 Å². The Balaban J connectivity index is 1.80. The lowest BCUT2D eigenvalue weighted by Gasteiger charge is -2.23. The number of hydrogen-bond acceptors (Lipinski definition) is 9. The highest BCUT2D eigenvalue weighted by Gasteiger charge is 2.23. The molecule has 192 valence electrons. The standard InChI is InChI=1S/C26H24N2O9/c1-26(2,3)37-22-6-4-5-21(35-23(29)15-17-7-11-19(12-8-17)27(31)32)25(22)36-24(30)16-18-9-13-20(14-10-18)28(33)34/h4-14H,15-16H2,1-3H3. The molecule has 3 aromatic carbocycles. The molecular weight excluding hydrogens is 484 g/mol. The van der Waals surface area contributed by atoms with Gasteiger partial charge in [0.2, 0.25) is 5.75 Å². The first-order valence-electron chi connectivity index (χ1n) is 11.1. The summed E-state index contributed by atoms with van der Waals surface area (Å²) in [6, 6.07) is 15.5. The molecule has 0 radical (unpaired) electrons. The maximum Gasteiger partial charge on any atom is 0.315 e. The van der Waals surface area contributed by atoms with E-state index in [4.69, 9.17) is 14.2 Å². The molecule has 3 aromatic rings. The third-order valence-electron chi connectivity index (χ3n) is 4.79. The van der Waals surface area contributed by atoms with Crippen LogP contribution < -0.4 is 14.2 Å². The predicted molar refractivity (Wildman–Crippen MR) is 132 cm³/mol. The fraction of sp³-hybridized carbons (Fsp3) is 0.231. The van der Waals surface area contributed by atoms with Crippen LogP contribution in [-0.2, 0) is 22.4 Å². The molecule has 0 amide bonds. The first kappa shape index (κ1) is 26.8. The van der Waals surface area contributed by atoms with Crippen molar-refractivity contribution in [2.75, 3.05) is 0 Å². The molecule has 0 saturated carbocycles. The lowest BCUT2D eigenvalue weighted by Crippen LogP contribution is -2.24. The molecular formula is C26H24N2O9. The fourth-order valence-corrected chi connectivity index (χ4v) is 3.20. The second-order valence-electron chi connectivity index (χ2n) is 8.95. The average Bonchev–Trinajstić information content (AvgIpc) is 2.81. The Morgan fingerprint density at radius 3 is 1.57 bits per heavy atom. The lowest BCUT2D eigenvalue weighted by atomic mass is 10.1. The van der Waals surface area contributed by atoms with Crippen molar-refractivity contribution in [3.8, 4) is 17.2 Å². The molecule has 0 spiro atoms. The van der Waals surface area contributed by atoms with Crippen LogP contribution in [0.25, 0.3) is 0 Å². The van der Waals surface area contributed by atoms with Crippen LogP contribution in [0.5, 0.6) is 17.2 Å². The van der Waals surface area contributed by atoms with E-state index in [2.05, 4.69) is 0 Å². The Morgan fingerprint density at radius 2 is 1.14 bits per heavy atom. The van der Waals surface area contributed by atoms with Crippen LogP contribution in [0.1, 0.15) is 31.9 Å². The van der Waals surface area contributed by atoms with Crippen molar-refractivity contribution in [3.63, 3.8) is 0 Å². The molecule has 0 atom stereocenters. The Morgan fingerprint density at radius 1 is 0.703 bits per heavy atom. The van der Waals surface area contributed by atoms with Gasteiger partial charge in [0.05, 0.1) is 22.7 Å². The molecule has 0 aliphatic heterocycles. The highest BCUT2D eigenvalue weighted by Crippen LogP contribution is 2.39. The average molecular weight is 508 g/mol. The third-order valence-corrected chi connectivity index (χ3v) is 4.79. The molecule has 0 unspecified atom stereocenters. The summed E-state index contributed by atoms with van der Waals surface area (Å²) in [5.74, 6) is -1.36. The summed E-state index contributed by atoms with van der Waals surface area (Å²) in [6.45, 7) is 5.38. The summed E-state index contributed by atoms with van der Waals surface area (Å²) in [4.78, 5) is 45.9. The maximum atomic E-state index is 12.7. The van der Waals surface area contributed by atoms with Gasteiger partial charge >= 0.3 is 11.9 Å². The van der Waals surface area contributed by atoms with Gasteiger partial charge in [-0.25, -0.2) is 0 Å². The van der Waals surface area contributed by atoms with E-state index in [9.17, 15) is 29.8 Å². The second kappa shape index (κ2) is 11.3. The number of nitro groups is 2. The fourth-order valence-electron chi connectivity index (χ4n) is 3.20. The first-order chi connectivity index (χ1) is 17.4. The zero-order valence-corrected chi connectivity index (χ0v) is 20.3. The van der Waals surface area contributed by atoms with Crippen molar-refractivity contribution >= 4 is 23.3 Å². The molecule has 11 nitrogen and oxygen atoms in total. The number of hydrogen-bond donors (Lipinski definition) is 0. The SMILES string of the molecule is CC(C)(C)Oc1cccc(OC(=O)Cc2ccc([N+](=O)[O-])cc2)c1OC(=O)Cc1ccc([N+](=O)[O-])cc1. The molecule has 0 aromatic heterocycles. The number of rotatable bonds is 9. The molecule has 3 rings (SSSR count). The van der Waals surface area contributed by atoms with Gasteiger partial charge < -0.3 is 14.2 Å². The molecule has 37 heavy (non-hydrogen) atoms. The quantitative estimate of drug-likeness (QED) is 0.169. The number of carbonyl (C=O) groups excluding carboxylic acids is 2. The van der Waals surface area contributed by atoms with Crippen molar-refractivity contribution in [1.82, 2.24) is 0 Å². The summed E-state index contributed by atoms with van der Waals surface area (Å²) in [5, 5.41) is 21.7. The van der Waals surface area contributed by atoms with Crippen molar-refractivity contribution in [3.05, 3.63) is 98.1 Å². The van der Waals surface area contributed by atoms with Crippen LogP contribution in [0.15, 0.2) is 66.7 Å². The zero-order chi connectivity index (χ0) is 27.2. The Kier molecular flexibility index (Phi) is 8.18. The minimum atomic E-state index is -0.702. The normalized spacial score (nSPS) is 10.9. The smallest absolute Gasteiger partial charge is 0.315 e. The van der Waals surface area contributed by atoms with Crippen LogP contribution in [-0.4, -0.2) is 27.4 Å². The molecule has 0 aliphatic carbocycles. The Hall–Kier alpha value is -4.80. The van der Waals surface area contributed by atoms with E-state index in [0.29, 0.717) is 11.1 Å². The van der Waals surface area contributed by atoms with Gasteiger partial charge in [-0.1, -0.05) is 30.3 Å². The number of non-ortho nitro benzene ring substituents is 2. The highest BCUT2D eigenvalue weighted by atomic mass is 16.6. The van der Waals surface area contributed by atoms with Crippen molar-refractivity contribution in [2.45, 2.75) is 39.2 Å². The summed E-state index contributed by atoms with van der Waals surface area (Å²) < 4.78 is 16.9. The van der Waals surface area contributed by atoms with E-state index in [1.165, 1.54) is 54.6 Å². The van der Waals surface area contributed by atoms with Gasteiger partial charge in [0.25, 0.3) is 11.4 Å². The van der Waals surface area contributed by atoms with E-state index in [1.54, 1.807) is 32.9 Å². The zero-order valence-electron chi connectivity index (χ0n) is 20.3. The lowest BCUT2D eigenvalue weighted by molar-refractivity contribution is -0.385. The predicted octanol–water partition coefficient (Wildman–Crippen LogP) is 4.98. The minimum Gasteiger partial charge on any atom is -0.484 e. The first-order valence-corrected chi connectivity index (χ1v) is 11.1. The third kappa shape index (κ3) is 7.85. The van der Waals surface area contributed by atoms with Crippen LogP contribution >= 0.6 is 0 Å². The van der Waals surface area contributed by atoms with Gasteiger partial charge in [0, 0.05) is 24.3 Å². The van der Waals surface area contributed by atoms with Gasteiger partial charge in [0.15, 0.2) is 11.5 Å². The van der Waals surface area contributed by atoms with E-state index in [0.717, 1.165) is 0 Å². The van der Waals surface area contributed by atoms with E-state index in [1.807, 2.05) is 0 Å². The highest BCUT2D eigenvalue weighted by molar-refractivity contribution is 5.80. The van der Waals surface area contributed by atoms with Crippen LogP contribution in [0, 0.1) is 20.2 Å². The summed E-state index contributed by atoms with van der Waals surface area (Å²) >= 11 is 0. The number of nitrogens with zero attached hydrogens (tertiary/aromatic N) is 2. The summed E-state index contributed by atoms with van der Waals surface area (Å²) in [6.07, 6.45) is -0.378. The summed E-state index contributed by atoms with van der Waals surface area (Å²) in [5.41, 5.74) is 0.103. The minimum absolute atomic E-state index is 0.0503. The summed E-state index contributed by atoms with van der Waals surface area (Å²) in [7, 11) is 0. The number of carbonyl (C=O) groups is 2. The van der Waals surface area contributed by atoms with E-state index < -0.39 is 27.4 Å². The van der Waals surface area contributed by atoms with Crippen LogP contribution in [0.2, 0.25) is 0 Å². The molecule has 0 saturated heterocycles. The van der Waals surface area contributed by atoms with Crippen molar-refractivity contribution in [1.29, 1.82) is 0 Å². The largest absolute Gasteiger partial charge is 0.484 e. The number of nitro benzene ring substituents is 2. The number of para-hydroxylation sites is 1. The Bertz CT molecular complexity index is 1310. The van der Waals surface area contributed by atoms with Gasteiger partial charge in [-0.15, -0.1) is 0 Å². The number of esters is 2. The molecule has 0 aliphatic rings. The van der Waals surface area contributed by atoms with E-state index in [-0.39, 0.29) is 41.5 Å². The maximum absolute atomic E-state index is 12.7. The molecule has 0 fully saturated rings. The van der Waals surface area contributed by atoms with Gasteiger partial charge in [-0.3, -0.25) is 29.8 Å². The monoisotopic (exact) mass is 508 g/mol. The van der Waals surface area contributed by atoms with Crippen molar-refractivity contribution < 1.29 is 33.6 Å². The second-order valence-corrected chi connectivity index (χ2v) is 8.95. The van der Waals surface area contributed by atoms with Gasteiger partial charge in [0.1, 0.15) is 5.60 Å². The van der Waals surface area contributed by atoms with Gasteiger partial charge in [-0.2, -0.15) is 0 Å².